The second-order valence-electron chi connectivity index (χ2n) is 11.3. The summed E-state index contributed by atoms with van der Waals surface area (Å²) in [7, 11) is 12.7. The molecule has 1 fully saturated rings. The van der Waals surface area contributed by atoms with Crippen LogP contribution in [-0.2, 0) is 10.1 Å². The number of phenolic OH excluding ortho intramolecular Hbond substituents is 1. The highest BCUT2D eigenvalue weighted by Gasteiger charge is 2.56. The van der Waals surface area contributed by atoms with Gasteiger partial charge in [-0.3, -0.25) is 23.9 Å². The van der Waals surface area contributed by atoms with Crippen molar-refractivity contribution in [3.05, 3.63) is 91.5 Å². The maximum absolute atomic E-state index is 16.3. The molecule has 14 heteroatoms. The largest absolute Gasteiger partial charge is 0.507 e. The Morgan fingerprint density at radius 1 is 1.20 bits per heavy atom. The summed E-state index contributed by atoms with van der Waals surface area (Å²) in [6, 6.07) is 5.25. The predicted octanol–water partition coefficient (Wildman–Crippen LogP) is 3.53. The topological polar surface area (TPSA) is 110 Å². The van der Waals surface area contributed by atoms with Crippen molar-refractivity contribution in [3.8, 4) is 22.7 Å². The summed E-state index contributed by atoms with van der Waals surface area (Å²) in [5.41, 5.74) is -4.63. The van der Waals surface area contributed by atoms with Gasteiger partial charge in [0.25, 0.3) is 0 Å². The van der Waals surface area contributed by atoms with Gasteiger partial charge in [-0.15, -0.1) is 0 Å². The maximum Gasteiger partial charge on any atom is 0.322 e. The zero-order valence-electron chi connectivity index (χ0n) is 24.4. The Morgan fingerprint density at radius 3 is 2.45 bits per heavy atom. The number of likely N-dealkylation sites (tertiary alicyclic amines) is 1. The molecule has 1 amide bonds. The van der Waals surface area contributed by atoms with E-state index >= 15 is 8.78 Å². The van der Waals surface area contributed by atoms with Gasteiger partial charge in [0, 0.05) is 11.5 Å². The number of carbonyl (C=O) groups is 1. The van der Waals surface area contributed by atoms with Crippen molar-refractivity contribution >= 4 is 44.4 Å². The van der Waals surface area contributed by atoms with E-state index in [0.29, 0.717) is 21.4 Å². The van der Waals surface area contributed by atoms with Gasteiger partial charge in [-0.2, -0.15) is 0 Å². The van der Waals surface area contributed by atoms with Gasteiger partial charge in [-0.1, -0.05) is 32.0 Å². The van der Waals surface area contributed by atoms with E-state index in [1.165, 1.54) is 6.07 Å². The number of fused-ring (bicyclic) bond motifs is 1. The lowest BCUT2D eigenvalue weighted by Gasteiger charge is -2.54. The number of halogens is 3. The number of amides is 1. The minimum absolute atomic E-state index is 0.220. The Morgan fingerprint density at radius 2 is 1.86 bits per heavy atom. The summed E-state index contributed by atoms with van der Waals surface area (Å²) < 4.78 is 33.1. The molecule has 1 aromatic carbocycles. The number of rotatable bonds is 6. The van der Waals surface area contributed by atoms with E-state index < -0.39 is 52.7 Å². The molecule has 222 valence electrons. The van der Waals surface area contributed by atoms with Crippen LogP contribution in [0.4, 0.5) is 8.78 Å². The number of hydrogen-bond acceptors (Lipinski definition) is 6. The average molecular weight is 616 g/mol. The van der Waals surface area contributed by atoms with Gasteiger partial charge in [0.05, 0.1) is 62.0 Å². The lowest BCUT2D eigenvalue weighted by Crippen LogP contribution is -2.74. The zero-order chi connectivity index (χ0) is 32.5. The van der Waals surface area contributed by atoms with Crippen LogP contribution >= 0.6 is 11.6 Å². The van der Waals surface area contributed by atoms with Crippen LogP contribution in [0.5, 0.6) is 5.75 Å². The number of aryl methyl sites for hydroxylation is 2. The standard InChI is InChI=1S/C30H26B2ClF2N5O4/c1-6-21(42)38-12-29(35,13-38)30(31,32)40-19-11-17(33)24(22-18(34)9-15(4)10-20(22)41)37-26(19)39(27(43)28(40)44)25-16(5)7-8-36-23(25)14(2)3/h6-11,14,41H,1,12-13H2,2-5H3. The van der Waals surface area contributed by atoms with Gasteiger partial charge in [0.1, 0.15) is 11.6 Å². The van der Waals surface area contributed by atoms with Crippen molar-refractivity contribution in [2.45, 2.75) is 44.6 Å². The van der Waals surface area contributed by atoms with Crippen molar-refractivity contribution in [2.24, 2.45) is 0 Å². The van der Waals surface area contributed by atoms with Crippen LogP contribution in [0, 0.1) is 19.7 Å². The number of aromatic nitrogens is 4. The number of alkyl halides is 1. The highest BCUT2D eigenvalue weighted by atomic mass is 35.5. The number of phenols is 1. The molecule has 0 aliphatic carbocycles. The molecule has 5 rings (SSSR count). The van der Waals surface area contributed by atoms with Crippen LogP contribution in [0.25, 0.3) is 28.1 Å². The summed E-state index contributed by atoms with van der Waals surface area (Å²) in [4.78, 5) is 50.0. The SMILES string of the molecule is [B]C([B])(n1c(=O)c(=O)n(-c2c(C)ccnc2C(C)C)c2nc(-c3c(O)cc(C)cc3F)c(Cl)cc21)C1(F)CN(C(=O)C=C)C1. The summed E-state index contributed by atoms with van der Waals surface area (Å²) in [5.74, 6) is -2.14. The molecule has 0 spiro atoms. The summed E-state index contributed by atoms with van der Waals surface area (Å²) in [6.07, 6.45) is 2.53. The molecule has 0 unspecified atom stereocenters. The van der Waals surface area contributed by atoms with Crippen molar-refractivity contribution in [1.82, 2.24) is 24.0 Å². The van der Waals surface area contributed by atoms with Gasteiger partial charge in [0.2, 0.25) is 5.91 Å². The monoisotopic (exact) mass is 615 g/mol. The third-order valence-electron chi connectivity index (χ3n) is 7.81. The quantitative estimate of drug-likeness (QED) is 0.202. The Balaban J connectivity index is 1.93. The maximum atomic E-state index is 16.3. The van der Waals surface area contributed by atoms with Crippen LogP contribution in [0.1, 0.15) is 36.6 Å². The lowest BCUT2D eigenvalue weighted by molar-refractivity contribution is -0.143. The van der Waals surface area contributed by atoms with Crippen LogP contribution in [-0.4, -0.2) is 69.5 Å². The molecule has 1 aliphatic heterocycles. The van der Waals surface area contributed by atoms with Crippen molar-refractivity contribution < 1.29 is 18.7 Å². The van der Waals surface area contributed by atoms with Crippen molar-refractivity contribution in [3.63, 3.8) is 0 Å². The summed E-state index contributed by atoms with van der Waals surface area (Å²) >= 11 is 6.60. The molecule has 0 atom stereocenters. The summed E-state index contributed by atoms with van der Waals surface area (Å²) in [6.45, 7) is 9.13. The van der Waals surface area contributed by atoms with Crippen LogP contribution in [0.3, 0.4) is 0 Å². The first kappa shape index (κ1) is 31.2. The fourth-order valence-corrected chi connectivity index (χ4v) is 5.73. The molecule has 9 nitrogen and oxygen atoms in total. The zero-order valence-corrected chi connectivity index (χ0v) is 25.1. The first-order valence-corrected chi connectivity index (χ1v) is 13.9. The van der Waals surface area contributed by atoms with E-state index in [-0.39, 0.29) is 39.0 Å². The fraction of sp³-hybridized carbons (Fsp3) is 0.300. The van der Waals surface area contributed by atoms with E-state index in [0.717, 1.165) is 27.7 Å². The fourth-order valence-electron chi connectivity index (χ4n) is 5.49. The second kappa shape index (κ2) is 10.7. The van der Waals surface area contributed by atoms with Gasteiger partial charge < -0.3 is 14.6 Å². The summed E-state index contributed by atoms with van der Waals surface area (Å²) in [5, 5.41) is 7.74. The van der Waals surface area contributed by atoms with Gasteiger partial charge in [-0.25, -0.2) is 13.8 Å². The lowest BCUT2D eigenvalue weighted by atomic mass is 9.51. The van der Waals surface area contributed by atoms with Crippen molar-refractivity contribution in [2.75, 3.05) is 13.1 Å². The molecule has 3 aromatic heterocycles. The first-order valence-electron chi connectivity index (χ1n) is 13.6. The molecule has 4 heterocycles. The van der Waals surface area contributed by atoms with E-state index in [9.17, 15) is 19.5 Å². The number of nitrogens with zero attached hydrogens (tertiary/aromatic N) is 5. The van der Waals surface area contributed by atoms with Gasteiger partial charge in [-0.05, 0) is 61.2 Å². The minimum Gasteiger partial charge on any atom is -0.507 e. The number of hydrogen-bond donors (Lipinski definition) is 1. The molecule has 1 N–H and O–H groups in total. The average Bonchev–Trinajstić information content (AvgIpc) is 2.91. The molecular weight excluding hydrogens is 589 g/mol. The van der Waals surface area contributed by atoms with E-state index in [1.807, 2.05) is 13.8 Å². The Bertz CT molecular complexity index is 1980. The van der Waals surface area contributed by atoms with Gasteiger partial charge >= 0.3 is 11.1 Å². The third-order valence-corrected chi connectivity index (χ3v) is 8.10. The normalized spacial score (nSPS) is 14.6. The molecular formula is C30H26B2ClF2N5O4. The molecule has 1 aliphatic rings. The molecule has 1 saturated heterocycles. The molecule has 44 heavy (non-hydrogen) atoms. The highest BCUT2D eigenvalue weighted by molar-refractivity contribution is 6.39. The molecule has 4 radical (unpaired) electrons. The van der Waals surface area contributed by atoms with Crippen LogP contribution < -0.4 is 11.1 Å². The predicted molar refractivity (Wildman–Crippen MR) is 165 cm³/mol. The van der Waals surface area contributed by atoms with E-state index in [1.54, 1.807) is 26.1 Å². The third kappa shape index (κ3) is 4.65. The first-order chi connectivity index (χ1) is 20.5. The van der Waals surface area contributed by atoms with E-state index in [4.69, 9.17) is 27.3 Å². The number of carbonyl (C=O) groups excluding carboxylic acids is 1. The highest BCUT2D eigenvalue weighted by Crippen LogP contribution is 2.41. The van der Waals surface area contributed by atoms with Crippen LogP contribution in [0.15, 0.2) is 52.7 Å². The van der Waals surface area contributed by atoms with Gasteiger partial charge in [0.15, 0.2) is 11.3 Å². The molecule has 0 saturated carbocycles. The smallest absolute Gasteiger partial charge is 0.322 e. The number of aromatic hydroxyl groups is 1. The minimum atomic E-state index is -2.69. The molecule has 4 aromatic rings. The molecule has 0 bridgehead atoms. The Hall–Kier alpha value is -4.25. The number of pyridine rings is 2. The Labute approximate surface area is 258 Å². The van der Waals surface area contributed by atoms with E-state index in [2.05, 4.69) is 16.5 Å². The Kier molecular flexibility index (Phi) is 7.60. The van der Waals surface area contributed by atoms with Crippen molar-refractivity contribution in [1.29, 1.82) is 0 Å². The number of benzene rings is 1. The van der Waals surface area contributed by atoms with Crippen LogP contribution in [0.2, 0.25) is 5.02 Å². The second-order valence-corrected chi connectivity index (χ2v) is 11.7.